The molecule has 4 nitrogen and oxygen atoms in total. The molecule has 0 aliphatic rings. The van der Waals surface area contributed by atoms with Crippen molar-refractivity contribution in [2.75, 3.05) is 11.6 Å². The third-order valence-electron chi connectivity index (χ3n) is 3.34. The van der Waals surface area contributed by atoms with E-state index in [0.717, 1.165) is 23.9 Å². The average Bonchev–Trinajstić information content (AvgIpc) is 3.03. The summed E-state index contributed by atoms with van der Waals surface area (Å²) >= 11 is 1.38. The van der Waals surface area contributed by atoms with Crippen LogP contribution in [0.1, 0.15) is 10.5 Å². The van der Waals surface area contributed by atoms with Gasteiger partial charge in [-0.2, -0.15) is 0 Å². The molecule has 3 aromatic rings. The molecule has 0 atom stereocenters. The van der Waals surface area contributed by atoms with Crippen molar-refractivity contribution >= 4 is 23.4 Å². The number of benzene rings is 2. The van der Waals surface area contributed by atoms with E-state index in [9.17, 15) is 13.6 Å². The monoisotopic (exact) mass is 345 g/mol. The molecule has 1 aromatic heterocycles. The first-order valence-corrected chi connectivity index (χ1v) is 8.26. The van der Waals surface area contributed by atoms with Gasteiger partial charge in [-0.1, -0.05) is 30.0 Å². The molecule has 0 radical (unpaired) electrons. The van der Waals surface area contributed by atoms with Gasteiger partial charge in [0, 0.05) is 11.8 Å². The van der Waals surface area contributed by atoms with Crippen molar-refractivity contribution in [3.63, 3.8) is 0 Å². The minimum absolute atomic E-state index is 0.216. The Morgan fingerprint density at radius 3 is 2.62 bits per heavy atom. The highest BCUT2D eigenvalue weighted by Crippen LogP contribution is 2.23. The van der Waals surface area contributed by atoms with Crippen molar-refractivity contribution in [3.05, 3.63) is 72.1 Å². The molecule has 0 aliphatic carbocycles. The Bertz CT molecular complexity index is 881. The fraction of sp³-hybridized carbons (Fsp3) is 0.0588. The van der Waals surface area contributed by atoms with Gasteiger partial charge in [-0.15, -0.1) is 0 Å². The minimum atomic E-state index is -0.708. The number of halogens is 2. The van der Waals surface area contributed by atoms with Gasteiger partial charge < -0.3 is 5.32 Å². The number of carbonyl (C=O) groups is 1. The Kier molecular flexibility index (Phi) is 4.61. The van der Waals surface area contributed by atoms with Crippen LogP contribution in [-0.4, -0.2) is 21.7 Å². The molecule has 1 heterocycles. The lowest BCUT2D eigenvalue weighted by atomic mass is 10.2. The van der Waals surface area contributed by atoms with E-state index < -0.39 is 17.5 Å². The fourth-order valence-corrected chi connectivity index (χ4v) is 2.79. The quantitative estimate of drug-likeness (QED) is 0.724. The maximum atomic E-state index is 13.7. The van der Waals surface area contributed by atoms with E-state index in [1.54, 1.807) is 4.57 Å². The molecule has 122 valence electrons. The second kappa shape index (κ2) is 6.84. The van der Waals surface area contributed by atoms with Crippen LogP contribution in [0.4, 0.5) is 14.5 Å². The number of amides is 1. The highest BCUT2D eigenvalue weighted by molar-refractivity contribution is 7.98. The topological polar surface area (TPSA) is 46.9 Å². The summed E-state index contributed by atoms with van der Waals surface area (Å²) in [6.07, 6.45) is 3.25. The summed E-state index contributed by atoms with van der Waals surface area (Å²) in [5.41, 5.74) is 0.768. The number of hydrogen-bond acceptors (Lipinski definition) is 3. The van der Waals surface area contributed by atoms with E-state index in [4.69, 9.17) is 0 Å². The smallest absolute Gasteiger partial charge is 0.274 e. The zero-order valence-corrected chi connectivity index (χ0v) is 13.5. The molecule has 1 N–H and O–H groups in total. The molecule has 0 fully saturated rings. The Labute approximate surface area is 141 Å². The lowest BCUT2D eigenvalue weighted by Crippen LogP contribution is -2.17. The Hall–Kier alpha value is -2.67. The summed E-state index contributed by atoms with van der Waals surface area (Å²) < 4.78 is 28.7. The molecular weight excluding hydrogens is 332 g/mol. The number of para-hydroxylation sites is 1. The zero-order valence-electron chi connectivity index (χ0n) is 12.7. The molecule has 0 unspecified atom stereocenters. The number of anilines is 1. The van der Waals surface area contributed by atoms with Crippen LogP contribution in [-0.2, 0) is 0 Å². The van der Waals surface area contributed by atoms with Gasteiger partial charge in [0.2, 0.25) is 0 Å². The summed E-state index contributed by atoms with van der Waals surface area (Å²) in [6, 6.07) is 12.1. The second-order valence-electron chi connectivity index (χ2n) is 4.88. The van der Waals surface area contributed by atoms with Crippen LogP contribution in [0.25, 0.3) is 5.69 Å². The van der Waals surface area contributed by atoms with Gasteiger partial charge in [0.05, 0.1) is 11.9 Å². The predicted octanol–water partition coefficient (Wildman–Crippen LogP) is 4.12. The molecule has 0 saturated carbocycles. The normalized spacial score (nSPS) is 10.6. The summed E-state index contributed by atoms with van der Waals surface area (Å²) in [5, 5.41) is 3.01. The summed E-state index contributed by atoms with van der Waals surface area (Å²) in [4.78, 5) is 16.7. The summed E-state index contributed by atoms with van der Waals surface area (Å²) in [6.45, 7) is 0. The van der Waals surface area contributed by atoms with Crippen molar-refractivity contribution < 1.29 is 13.6 Å². The largest absolute Gasteiger partial charge is 0.318 e. The van der Waals surface area contributed by atoms with Crippen molar-refractivity contribution in [1.29, 1.82) is 0 Å². The number of aromatic nitrogens is 2. The van der Waals surface area contributed by atoms with Gasteiger partial charge in [0.25, 0.3) is 5.91 Å². The predicted molar refractivity (Wildman–Crippen MR) is 89.7 cm³/mol. The number of imidazole rings is 1. The lowest BCUT2D eigenvalue weighted by Gasteiger charge is -2.11. The van der Waals surface area contributed by atoms with Gasteiger partial charge in [0.1, 0.15) is 17.3 Å². The third kappa shape index (κ3) is 3.16. The molecular formula is C17H13F2N3OS. The van der Waals surface area contributed by atoms with Crippen LogP contribution >= 0.6 is 11.8 Å². The third-order valence-corrected chi connectivity index (χ3v) is 3.99. The first-order chi connectivity index (χ1) is 11.6. The van der Waals surface area contributed by atoms with Crippen molar-refractivity contribution in [2.24, 2.45) is 0 Å². The molecule has 3 rings (SSSR count). The maximum Gasteiger partial charge on any atom is 0.274 e. The van der Waals surface area contributed by atoms with Crippen LogP contribution in [0.15, 0.2) is 59.9 Å². The highest BCUT2D eigenvalue weighted by Gasteiger charge is 2.19. The Balaban J connectivity index is 1.99. The van der Waals surface area contributed by atoms with Crippen LogP contribution in [0, 0.1) is 11.6 Å². The van der Waals surface area contributed by atoms with Crippen LogP contribution in [0.5, 0.6) is 0 Å². The number of nitrogens with zero attached hydrogens (tertiary/aromatic N) is 2. The van der Waals surface area contributed by atoms with Crippen molar-refractivity contribution in [1.82, 2.24) is 9.55 Å². The molecule has 0 spiro atoms. The van der Waals surface area contributed by atoms with E-state index in [0.29, 0.717) is 5.16 Å². The van der Waals surface area contributed by atoms with Crippen LogP contribution < -0.4 is 5.32 Å². The molecule has 0 saturated heterocycles. The minimum Gasteiger partial charge on any atom is -0.318 e. The molecule has 2 aromatic carbocycles. The van der Waals surface area contributed by atoms with Crippen LogP contribution in [0.3, 0.4) is 0 Å². The van der Waals surface area contributed by atoms with E-state index in [2.05, 4.69) is 10.3 Å². The van der Waals surface area contributed by atoms with E-state index in [1.165, 1.54) is 18.0 Å². The van der Waals surface area contributed by atoms with Gasteiger partial charge in [-0.25, -0.2) is 13.8 Å². The van der Waals surface area contributed by atoms with Gasteiger partial charge in [0.15, 0.2) is 5.16 Å². The standard InChI is InChI=1S/C17H13F2N3OS/c1-24-17-20-10-15(22(17)12-5-3-2-4-6-12)16(23)21-14-9-11(18)7-8-13(14)19/h2-10H,1H3,(H,21,23). The molecule has 1 amide bonds. The molecule has 7 heteroatoms. The van der Waals surface area contributed by atoms with Gasteiger partial charge >= 0.3 is 0 Å². The Morgan fingerprint density at radius 1 is 1.17 bits per heavy atom. The first-order valence-electron chi connectivity index (χ1n) is 7.03. The van der Waals surface area contributed by atoms with E-state index >= 15 is 0 Å². The SMILES string of the molecule is CSc1ncc(C(=O)Nc2cc(F)ccc2F)n1-c1ccccc1. The van der Waals surface area contributed by atoms with Crippen molar-refractivity contribution in [2.45, 2.75) is 5.16 Å². The average molecular weight is 345 g/mol. The molecule has 0 bridgehead atoms. The number of hydrogen-bond donors (Lipinski definition) is 1. The number of thioether (sulfide) groups is 1. The van der Waals surface area contributed by atoms with Crippen molar-refractivity contribution in [3.8, 4) is 5.69 Å². The second-order valence-corrected chi connectivity index (χ2v) is 5.65. The lowest BCUT2D eigenvalue weighted by molar-refractivity contribution is 0.101. The van der Waals surface area contributed by atoms with Crippen LogP contribution in [0.2, 0.25) is 0 Å². The van der Waals surface area contributed by atoms with Gasteiger partial charge in [-0.3, -0.25) is 9.36 Å². The Morgan fingerprint density at radius 2 is 1.92 bits per heavy atom. The summed E-state index contributed by atoms with van der Waals surface area (Å²) in [7, 11) is 0. The first kappa shape index (κ1) is 16.2. The highest BCUT2D eigenvalue weighted by atomic mass is 32.2. The fourth-order valence-electron chi connectivity index (χ4n) is 2.25. The number of nitrogens with one attached hydrogen (secondary N) is 1. The number of rotatable bonds is 4. The van der Waals surface area contributed by atoms with Gasteiger partial charge in [-0.05, 0) is 30.5 Å². The maximum absolute atomic E-state index is 13.7. The number of carbonyl (C=O) groups excluding carboxylic acids is 1. The van der Waals surface area contributed by atoms with E-state index in [-0.39, 0.29) is 11.4 Å². The zero-order chi connectivity index (χ0) is 17.1. The molecule has 0 aliphatic heterocycles. The van der Waals surface area contributed by atoms with E-state index in [1.807, 2.05) is 36.6 Å². The molecule has 24 heavy (non-hydrogen) atoms. The summed E-state index contributed by atoms with van der Waals surface area (Å²) in [5.74, 6) is -1.91.